The first-order valence-corrected chi connectivity index (χ1v) is 6.65. The van der Waals surface area contributed by atoms with Crippen LogP contribution in [0.3, 0.4) is 0 Å². The molecule has 5 heteroatoms. The van der Waals surface area contributed by atoms with Crippen LogP contribution in [0.5, 0.6) is 0 Å². The molecule has 1 rings (SSSR count). The van der Waals surface area contributed by atoms with E-state index in [-0.39, 0.29) is 24.4 Å². The van der Waals surface area contributed by atoms with E-state index >= 15 is 0 Å². The van der Waals surface area contributed by atoms with Crippen molar-refractivity contribution >= 4 is 18.3 Å². The predicted octanol–water partition coefficient (Wildman–Crippen LogP) is 2.07. The van der Waals surface area contributed by atoms with Gasteiger partial charge in [0.2, 0.25) is 5.91 Å². The molecule has 0 spiro atoms. The first-order valence-electron chi connectivity index (χ1n) is 6.65. The molecular formula is C14H24ClN3O. The number of nitrogens with zero attached hydrogens (tertiary/aromatic N) is 1. The number of nitrogens with two attached hydrogens (primary N) is 1. The van der Waals surface area contributed by atoms with Crippen LogP contribution in [-0.4, -0.2) is 23.5 Å². The topological polar surface area (TPSA) is 68.0 Å². The van der Waals surface area contributed by atoms with Crippen LogP contribution in [0.25, 0.3) is 0 Å². The van der Waals surface area contributed by atoms with Crippen molar-refractivity contribution in [2.45, 2.75) is 45.1 Å². The molecule has 1 unspecified atom stereocenters. The Morgan fingerprint density at radius 3 is 2.84 bits per heavy atom. The molecule has 3 N–H and O–H groups in total. The van der Waals surface area contributed by atoms with E-state index in [9.17, 15) is 4.79 Å². The highest BCUT2D eigenvalue weighted by atomic mass is 35.5. The Hall–Kier alpha value is -1.13. The number of pyridine rings is 1. The summed E-state index contributed by atoms with van der Waals surface area (Å²) in [6.07, 6.45) is 6.08. The molecule has 0 bridgehead atoms. The van der Waals surface area contributed by atoms with E-state index in [1.807, 2.05) is 18.2 Å². The Morgan fingerprint density at radius 1 is 1.47 bits per heavy atom. The molecule has 0 saturated heterocycles. The highest BCUT2D eigenvalue weighted by Crippen LogP contribution is 2.02. The molecular weight excluding hydrogens is 262 g/mol. The average Bonchev–Trinajstić information content (AvgIpc) is 2.42. The summed E-state index contributed by atoms with van der Waals surface area (Å²) in [7, 11) is 0. The van der Waals surface area contributed by atoms with Crippen LogP contribution in [0.2, 0.25) is 0 Å². The van der Waals surface area contributed by atoms with Crippen LogP contribution in [-0.2, 0) is 11.2 Å². The van der Waals surface area contributed by atoms with Crippen molar-refractivity contribution in [1.29, 1.82) is 0 Å². The molecule has 0 aliphatic rings. The molecule has 1 aromatic rings. The number of rotatable bonds is 8. The summed E-state index contributed by atoms with van der Waals surface area (Å²) in [4.78, 5) is 15.9. The number of nitrogens with one attached hydrogen (secondary N) is 1. The zero-order chi connectivity index (χ0) is 13.2. The van der Waals surface area contributed by atoms with Gasteiger partial charge in [-0.1, -0.05) is 25.8 Å². The Bertz CT molecular complexity index is 346. The fraction of sp³-hybridized carbons (Fsp3) is 0.571. The third-order valence-corrected chi connectivity index (χ3v) is 2.89. The number of aromatic nitrogens is 1. The molecule has 4 nitrogen and oxygen atoms in total. The maximum atomic E-state index is 11.8. The van der Waals surface area contributed by atoms with Gasteiger partial charge in [0, 0.05) is 30.9 Å². The van der Waals surface area contributed by atoms with Crippen molar-refractivity contribution in [2.75, 3.05) is 6.54 Å². The average molecular weight is 286 g/mol. The summed E-state index contributed by atoms with van der Waals surface area (Å²) >= 11 is 0. The van der Waals surface area contributed by atoms with E-state index in [0.717, 1.165) is 25.0 Å². The first kappa shape index (κ1) is 17.9. The second kappa shape index (κ2) is 10.8. The number of aryl methyl sites for hydroxylation is 1. The third-order valence-electron chi connectivity index (χ3n) is 2.89. The third kappa shape index (κ3) is 7.80. The lowest BCUT2D eigenvalue weighted by molar-refractivity contribution is -0.121. The molecule has 0 aliphatic carbocycles. The minimum atomic E-state index is 0. The van der Waals surface area contributed by atoms with Crippen LogP contribution < -0.4 is 11.1 Å². The largest absolute Gasteiger partial charge is 0.352 e. The van der Waals surface area contributed by atoms with Crippen molar-refractivity contribution in [3.05, 3.63) is 30.1 Å². The molecule has 0 saturated carbocycles. The van der Waals surface area contributed by atoms with Crippen LogP contribution in [0.1, 0.15) is 38.3 Å². The number of unbranched alkanes of at least 4 members (excludes halogenated alkanes) is 1. The van der Waals surface area contributed by atoms with Crippen molar-refractivity contribution in [3.63, 3.8) is 0 Å². The quantitative estimate of drug-likeness (QED) is 0.768. The SMILES string of the molecule is CCCCC(CN)NC(=O)CCc1ccccn1.Cl. The van der Waals surface area contributed by atoms with Crippen molar-refractivity contribution < 1.29 is 4.79 Å². The Balaban J connectivity index is 0.00000324. The van der Waals surface area contributed by atoms with Crippen molar-refractivity contribution in [3.8, 4) is 0 Å². The van der Waals surface area contributed by atoms with Gasteiger partial charge in [0.1, 0.15) is 0 Å². The second-order valence-corrected chi connectivity index (χ2v) is 4.46. The number of amides is 1. The zero-order valence-electron chi connectivity index (χ0n) is 11.5. The fourth-order valence-electron chi connectivity index (χ4n) is 1.79. The molecule has 0 radical (unpaired) electrons. The summed E-state index contributed by atoms with van der Waals surface area (Å²) < 4.78 is 0. The maximum Gasteiger partial charge on any atom is 0.220 e. The molecule has 1 heterocycles. The van der Waals surface area contributed by atoms with Gasteiger partial charge in [0.15, 0.2) is 0 Å². The van der Waals surface area contributed by atoms with E-state index in [4.69, 9.17) is 5.73 Å². The Morgan fingerprint density at radius 2 is 2.26 bits per heavy atom. The van der Waals surface area contributed by atoms with Gasteiger partial charge in [-0.25, -0.2) is 0 Å². The summed E-state index contributed by atoms with van der Waals surface area (Å²) in [6, 6.07) is 5.86. The molecule has 0 aliphatic heterocycles. The molecule has 0 aromatic carbocycles. The summed E-state index contributed by atoms with van der Waals surface area (Å²) in [6.45, 7) is 2.64. The normalized spacial score (nSPS) is 11.5. The fourth-order valence-corrected chi connectivity index (χ4v) is 1.79. The van der Waals surface area contributed by atoms with Gasteiger partial charge in [-0.15, -0.1) is 12.4 Å². The van der Waals surface area contributed by atoms with E-state index in [0.29, 0.717) is 19.4 Å². The number of hydrogen-bond donors (Lipinski definition) is 2. The molecule has 1 aromatic heterocycles. The lowest BCUT2D eigenvalue weighted by Gasteiger charge is -2.16. The van der Waals surface area contributed by atoms with Gasteiger partial charge < -0.3 is 11.1 Å². The highest BCUT2D eigenvalue weighted by Gasteiger charge is 2.10. The monoisotopic (exact) mass is 285 g/mol. The lowest BCUT2D eigenvalue weighted by atomic mass is 10.1. The maximum absolute atomic E-state index is 11.8. The van der Waals surface area contributed by atoms with Crippen LogP contribution >= 0.6 is 12.4 Å². The van der Waals surface area contributed by atoms with Crippen LogP contribution in [0, 0.1) is 0 Å². The van der Waals surface area contributed by atoms with Gasteiger partial charge in [0.25, 0.3) is 0 Å². The number of hydrogen-bond acceptors (Lipinski definition) is 3. The van der Waals surface area contributed by atoms with E-state index < -0.39 is 0 Å². The van der Waals surface area contributed by atoms with Gasteiger partial charge in [0.05, 0.1) is 0 Å². The number of carbonyl (C=O) groups is 1. The van der Waals surface area contributed by atoms with Crippen LogP contribution in [0.4, 0.5) is 0 Å². The molecule has 19 heavy (non-hydrogen) atoms. The van der Waals surface area contributed by atoms with E-state index in [1.165, 1.54) is 0 Å². The van der Waals surface area contributed by atoms with Crippen LogP contribution in [0.15, 0.2) is 24.4 Å². The molecule has 108 valence electrons. The first-order chi connectivity index (χ1) is 8.76. The molecule has 1 atom stereocenters. The zero-order valence-corrected chi connectivity index (χ0v) is 12.3. The van der Waals surface area contributed by atoms with Gasteiger partial charge in [-0.05, 0) is 25.0 Å². The highest BCUT2D eigenvalue weighted by molar-refractivity contribution is 5.85. The standard InChI is InChI=1S/C14H23N3O.ClH/c1-2-3-6-13(11-15)17-14(18)9-8-12-7-4-5-10-16-12;/h4-5,7,10,13H,2-3,6,8-9,11,15H2,1H3,(H,17,18);1H. The van der Waals surface area contributed by atoms with Crippen molar-refractivity contribution in [2.24, 2.45) is 5.73 Å². The summed E-state index contributed by atoms with van der Waals surface area (Å²) in [5.41, 5.74) is 6.59. The predicted molar refractivity (Wildman–Crippen MR) is 80.3 cm³/mol. The number of carbonyl (C=O) groups excluding carboxylic acids is 1. The second-order valence-electron chi connectivity index (χ2n) is 4.46. The Labute approximate surface area is 121 Å². The minimum Gasteiger partial charge on any atom is -0.352 e. The summed E-state index contributed by atoms with van der Waals surface area (Å²) in [5.74, 6) is 0.0622. The van der Waals surface area contributed by atoms with E-state index in [2.05, 4.69) is 17.2 Å². The minimum absolute atomic E-state index is 0. The smallest absolute Gasteiger partial charge is 0.220 e. The Kier molecular flexibility index (Phi) is 10.1. The number of halogens is 1. The van der Waals surface area contributed by atoms with E-state index in [1.54, 1.807) is 6.20 Å². The van der Waals surface area contributed by atoms with Gasteiger partial charge in [-0.2, -0.15) is 0 Å². The van der Waals surface area contributed by atoms with Gasteiger partial charge >= 0.3 is 0 Å². The molecule has 1 amide bonds. The van der Waals surface area contributed by atoms with Crippen molar-refractivity contribution in [1.82, 2.24) is 10.3 Å². The lowest BCUT2D eigenvalue weighted by Crippen LogP contribution is -2.40. The summed E-state index contributed by atoms with van der Waals surface area (Å²) in [5, 5.41) is 2.98. The molecule has 0 fully saturated rings. The van der Waals surface area contributed by atoms with Gasteiger partial charge in [-0.3, -0.25) is 9.78 Å².